The van der Waals surface area contributed by atoms with E-state index in [1.54, 1.807) is 5.92 Å². The van der Waals surface area contributed by atoms with Crippen LogP contribution in [0.2, 0.25) is 0 Å². The fourth-order valence-electron chi connectivity index (χ4n) is 0.473. The second-order valence-electron chi connectivity index (χ2n) is 2.35. The van der Waals surface area contributed by atoms with Crippen molar-refractivity contribution in [1.29, 1.82) is 0 Å². The van der Waals surface area contributed by atoms with Crippen LogP contribution in [0.15, 0.2) is 0 Å². The van der Waals surface area contributed by atoms with Crippen molar-refractivity contribution in [1.82, 2.24) is 0 Å². The summed E-state index contributed by atoms with van der Waals surface area (Å²) in [5.41, 5.74) is 0. The molecule has 0 saturated heterocycles. The average molecular weight is 252 g/mol. The van der Waals surface area contributed by atoms with Crippen LogP contribution in [0.4, 0.5) is 30.7 Å². The van der Waals surface area contributed by atoms with Gasteiger partial charge in [-0.2, -0.15) is 30.7 Å². The normalized spacial score (nSPS) is 12.8. The molecule has 0 aliphatic heterocycles. The number of hydrogen-bond donors (Lipinski definition) is 0. The van der Waals surface area contributed by atoms with Crippen molar-refractivity contribution >= 4 is 5.97 Å². The van der Waals surface area contributed by atoms with Gasteiger partial charge >= 0.3 is 24.2 Å². The first-order valence-electron chi connectivity index (χ1n) is 3.44. The quantitative estimate of drug-likeness (QED) is 0.326. The molecule has 0 aromatic carbocycles. The number of halogens is 7. The van der Waals surface area contributed by atoms with Gasteiger partial charge in [-0.05, 0) is 6.92 Å². The Morgan fingerprint density at radius 3 is 1.81 bits per heavy atom. The summed E-state index contributed by atoms with van der Waals surface area (Å²) in [6.45, 7) is 0.974. The Bertz CT molecular complexity index is 333. The maximum atomic E-state index is 12.3. The van der Waals surface area contributed by atoms with Gasteiger partial charge in [0.2, 0.25) is 0 Å². The van der Waals surface area contributed by atoms with E-state index in [2.05, 4.69) is 4.74 Å². The number of carbonyl (C=O) groups excluding carboxylic acids is 1. The van der Waals surface area contributed by atoms with Crippen LogP contribution in [0.25, 0.3) is 0 Å². The first-order chi connectivity index (χ1) is 6.95. The number of ether oxygens (including phenoxy) is 1. The molecule has 0 rings (SSSR count). The minimum atomic E-state index is -6.55. The van der Waals surface area contributed by atoms with Crippen molar-refractivity contribution in [2.75, 3.05) is 0 Å². The molecule has 0 radical (unpaired) electrons. The third-order valence-corrected chi connectivity index (χ3v) is 1.17. The van der Waals surface area contributed by atoms with Crippen molar-refractivity contribution in [3.05, 3.63) is 0 Å². The Kier molecular flexibility index (Phi) is 3.81. The van der Waals surface area contributed by atoms with E-state index in [4.69, 9.17) is 0 Å². The summed E-state index contributed by atoms with van der Waals surface area (Å²) in [5, 5.41) is 0. The van der Waals surface area contributed by atoms with Crippen molar-refractivity contribution in [3.63, 3.8) is 0 Å². The molecule has 0 saturated carbocycles. The maximum absolute atomic E-state index is 12.3. The van der Waals surface area contributed by atoms with E-state index >= 15 is 0 Å². The van der Waals surface area contributed by atoms with Gasteiger partial charge in [-0.1, -0.05) is 5.92 Å². The monoisotopic (exact) mass is 252 g/mol. The maximum Gasteiger partial charge on any atom is 0.477 e. The molecule has 0 aromatic heterocycles. The van der Waals surface area contributed by atoms with Crippen LogP contribution in [0.3, 0.4) is 0 Å². The fourth-order valence-corrected chi connectivity index (χ4v) is 0.473. The smallest absolute Gasteiger partial charge is 0.386 e. The number of esters is 1. The molecule has 16 heavy (non-hydrogen) atoms. The van der Waals surface area contributed by atoms with Crippen molar-refractivity contribution in [2.45, 2.75) is 25.1 Å². The van der Waals surface area contributed by atoms with E-state index in [9.17, 15) is 35.5 Å². The molecule has 0 heterocycles. The minimum Gasteiger partial charge on any atom is -0.386 e. The van der Waals surface area contributed by atoms with Gasteiger partial charge in [0.05, 0.1) is 0 Å². The molecular weight excluding hydrogens is 249 g/mol. The van der Waals surface area contributed by atoms with Crippen LogP contribution in [0, 0.1) is 11.8 Å². The number of hydrogen-bond acceptors (Lipinski definition) is 2. The Hall–Kier alpha value is -1.46. The highest BCUT2D eigenvalue weighted by molar-refractivity contribution is 5.88. The van der Waals surface area contributed by atoms with Crippen LogP contribution in [-0.4, -0.2) is 24.2 Å². The third-order valence-electron chi connectivity index (χ3n) is 1.17. The van der Waals surface area contributed by atoms with Gasteiger partial charge in [-0.15, -0.1) is 0 Å². The second kappa shape index (κ2) is 4.19. The zero-order chi connectivity index (χ0) is 13.2. The first kappa shape index (κ1) is 14.5. The lowest BCUT2D eigenvalue weighted by Crippen LogP contribution is -2.54. The molecule has 0 N–H and O–H groups in total. The van der Waals surface area contributed by atoms with Crippen molar-refractivity contribution in [2.24, 2.45) is 0 Å². The molecule has 0 unspecified atom stereocenters. The molecular formula is C7H3F7O2. The summed E-state index contributed by atoms with van der Waals surface area (Å²) in [6, 6.07) is 0. The molecule has 0 bridgehead atoms. The Morgan fingerprint density at radius 2 is 1.50 bits per heavy atom. The molecule has 0 amide bonds. The Morgan fingerprint density at radius 1 is 1.06 bits per heavy atom. The van der Waals surface area contributed by atoms with Gasteiger partial charge in [0.15, 0.2) is 0 Å². The third kappa shape index (κ3) is 2.77. The highest BCUT2D eigenvalue weighted by Gasteiger charge is 2.76. The number of alkyl halides is 7. The molecule has 92 valence electrons. The predicted octanol–water partition coefficient (Wildman–Crippen LogP) is 2.34. The lowest BCUT2D eigenvalue weighted by Gasteiger charge is -2.26. The summed E-state index contributed by atoms with van der Waals surface area (Å²) in [6.07, 6.45) is -12.6. The van der Waals surface area contributed by atoms with E-state index in [0.717, 1.165) is 6.92 Å². The summed E-state index contributed by atoms with van der Waals surface area (Å²) in [7, 11) is 0. The molecule has 0 fully saturated rings. The van der Waals surface area contributed by atoms with E-state index in [1.165, 1.54) is 5.92 Å². The molecule has 0 aromatic rings. The van der Waals surface area contributed by atoms with Crippen LogP contribution >= 0.6 is 0 Å². The van der Waals surface area contributed by atoms with Crippen LogP contribution in [0.1, 0.15) is 6.92 Å². The highest BCUT2D eigenvalue weighted by atomic mass is 19.4. The standard InChI is InChI=1S/C7H3F7O2/c1-2-3-4(15)16-7(13,14)5(8,9)6(10,11)12/h1H3. The van der Waals surface area contributed by atoms with Crippen molar-refractivity contribution < 1.29 is 40.3 Å². The van der Waals surface area contributed by atoms with Gasteiger partial charge in [0.25, 0.3) is 0 Å². The van der Waals surface area contributed by atoms with Crippen LogP contribution in [0.5, 0.6) is 0 Å². The lowest BCUT2D eigenvalue weighted by atomic mass is 10.3. The number of rotatable bonds is 2. The van der Waals surface area contributed by atoms with Gasteiger partial charge in [-0.3, -0.25) is 0 Å². The lowest BCUT2D eigenvalue weighted by molar-refractivity contribution is -0.411. The molecule has 0 spiro atoms. The van der Waals surface area contributed by atoms with Crippen LogP contribution < -0.4 is 0 Å². The molecule has 2 nitrogen and oxygen atoms in total. The average Bonchev–Trinajstić information content (AvgIpc) is 2.00. The zero-order valence-electron chi connectivity index (χ0n) is 7.46. The van der Waals surface area contributed by atoms with E-state index in [-0.39, 0.29) is 0 Å². The highest BCUT2D eigenvalue weighted by Crippen LogP contribution is 2.46. The topological polar surface area (TPSA) is 26.3 Å². The fraction of sp³-hybridized carbons (Fsp3) is 0.571. The van der Waals surface area contributed by atoms with Gasteiger partial charge < -0.3 is 4.74 Å². The predicted molar refractivity (Wildman–Crippen MR) is 35.5 cm³/mol. The summed E-state index contributed by atoms with van der Waals surface area (Å²) in [4.78, 5) is 10.3. The molecule has 0 aliphatic rings. The zero-order valence-corrected chi connectivity index (χ0v) is 7.46. The largest absolute Gasteiger partial charge is 0.477 e. The summed E-state index contributed by atoms with van der Waals surface area (Å²) < 4.78 is 86.0. The minimum absolute atomic E-state index is 0.974. The summed E-state index contributed by atoms with van der Waals surface area (Å²) >= 11 is 0. The van der Waals surface area contributed by atoms with Crippen LogP contribution in [-0.2, 0) is 9.53 Å². The second-order valence-corrected chi connectivity index (χ2v) is 2.35. The number of carbonyl (C=O) groups is 1. The van der Waals surface area contributed by atoms with E-state index in [0.29, 0.717) is 0 Å². The molecule has 9 heteroatoms. The van der Waals surface area contributed by atoms with Gasteiger partial charge in [0.1, 0.15) is 0 Å². The first-order valence-corrected chi connectivity index (χ1v) is 3.44. The Balaban J connectivity index is 5.04. The molecule has 0 atom stereocenters. The SMILES string of the molecule is CC#CC(=O)OC(F)(F)C(F)(F)C(F)(F)F. The van der Waals surface area contributed by atoms with E-state index < -0.39 is 24.2 Å². The summed E-state index contributed by atoms with van der Waals surface area (Å²) in [5.74, 6) is -5.74. The van der Waals surface area contributed by atoms with Gasteiger partial charge in [0, 0.05) is 5.92 Å². The van der Waals surface area contributed by atoms with Crippen molar-refractivity contribution in [3.8, 4) is 11.8 Å². The Labute approximate surface area is 84.4 Å². The molecule has 0 aliphatic carbocycles. The van der Waals surface area contributed by atoms with Gasteiger partial charge in [-0.25, -0.2) is 4.79 Å². The van der Waals surface area contributed by atoms with E-state index in [1.807, 2.05) is 0 Å².